The van der Waals surface area contributed by atoms with Gasteiger partial charge in [-0.05, 0) is 44.0 Å². The van der Waals surface area contributed by atoms with Crippen molar-refractivity contribution >= 4 is 16.0 Å². The highest BCUT2D eigenvalue weighted by atomic mass is 32.2. The van der Waals surface area contributed by atoms with Gasteiger partial charge in [-0.15, -0.1) is 0 Å². The van der Waals surface area contributed by atoms with E-state index in [9.17, 15) is 13.2 Å². The SMILES string of the molecule is CCOCCOC(=O)c1cc(C)c(C)c(S(N)(=O)=O)c1. The first-order chi connectivity index (χ1) is 9.27. The molecule has 0 spiro atoms. The summed E-state index contributed by atoms with van der Waals surface area (Å²) in [7, 11) is -3.87. The van der Waals surface area contributed by atoms with Gasteiger partial charge in [-0.3, -0.25) is 0 Å². The van der Waals surface area contributed by atoms with E-state index in [2.05, 4.69) is 0 Å². The number of esters is 1. The van der Waals surface area contributed by atoms with Crippen molar-refractivity contribution in [1.29, 1.82) is 0 Å². The zero-order chi connectivity index (χ0) is 15.3. The highest BCUT2D eigenvalue weighted by Crippen LogP contribution is 2.20. The molecule has 0 aliphatic carbocycles. The molecule has 7 heteroatoms. The zero-order valence-electron chi connectivity index (χ0n) is 11.8. The monoisotopic (exact) mass is 301 g/mol. The summed E-state index contributed by atoms with van der Waals surface area (Å²) >= 11 is 0. The number of nitrogens with two attached hydrogens (primary N) is 1. The summed E-state index contributed by atoms with van der Waals surface area (Å²) in [6, 6.07) is 2.81. The number of primary sulfonamides is 1. The van der Waals surface area contributed by atoms with Crippen molar-refractivity contribution in [3.8, 4) is 0 Å². The molecule has 0 atom stereocenters. The first kappa shape index (κ1) is 16.6. The summed E-state index contributed by atoms with van der Waals surface area (Å²) in [6.07, 6.45) is 0. The number of hydrogen-bond acceptors (Lipinski definition) is 5. The molecule has 1 aromatic rings. The molecule has 1 rings (SSSR count). The lowest BCUT2D eigenvalue weighted by molar-refractivity contribution is 0.0335. The van der Waals surface area contributed by atoms with Gasteiger partial charge in [-0.1, -0.05) is 0 Å². The number of ether oxygens (including phenoxy) is 2. The number of carbonyl (C=O) groups excluding carboxylic acids is 1. The topological polar surface area (TPSA) is 95.7 Å². The van der Waals surface area contributed by atoms with Crippen LogP contribution in [0.15, 0.2) is 17.0 Å². The van der Waals surface area contributed by atoms with Gasteiger partial charge in [0.1, 0.15) is 6.61 Å². The van der Waals surface area contributed by atoms with Crippen LogP contribution >= 0.6 is 0 Å². The highest BCUT2D eigenvalue weighted by molar-refractivity contribution is 7.89. The Labute approximate surface area is 118 Å². The van der Waals surface area contributed by atoms with Crippen LogP contribution in [0.3, 0.4) is 0 Å². The predicted molar refractivity (Wildman–Crippen MR) is 74.1 cm³/mol. The Balaban J connectivity index is 2.97. The number of carbonyl (C=O) groups is 1. The van der Waals surface area contributed by atoms with Crippen LogP contribution < -0.4 is 5.14 Å². The molecule has 0 heterocycles. The van der Waals surface area contributed by atoms with E-state index >= 15 is 0 Å². The predicted octanol–water partition coefficient (Wildman–Crippen LogP) is 1.14. The summed E-state index contributed by atoms with van der Waals surface area (Å²) in [5, 5.41) is 5.14. The van der Waals surface area contributed by atoms with E-state index in [-0.39, 0.29) is 17.1 Å². The highest BCUT2D eigenvalue weighted by Gasteiger charge is 2.18. The molecule has 112 valence electrons. The molecule has 0 aliphatic heterocycles. The molecular formula is C13H19NO5S. The van der Waals surface area contributed by atoms with Gasteiger partial charge >= 0.3 is 5.97 Å². The van der Waals surface area contributed by atoms with Gasteiger partial charge in [-0.2, -0.15) is 0 Å². The molecule has 0 aromatic heterocycles. The standard InChI is InChI=1S/C13H19NO5S/c1-4-18-5-6-19-13(15)11-7-9(2)10(3)12(8-11)20(14,16)17/h7-8H,4-6H2,1-3H3,(H2,14,16,17). The first-order valence-electron chi connectivity index (χ1n) is 6.16. The van der Waals surface area contributed by atoms with Crippen LogP contribution in [0.5, 0.6) is 0 Å². The van der Waals surface area contributed by atoms with E-state index in [1.54, 1.807) is 19.9 Å². The Morgan fingerprint density at radius 2 is 1.90 bits per heavy atom. The maximum absolute atomic E-state index is 11.8. The largest absolute Gasteiger partial charge is 0.460 e. The van der Waals surface area contributed by atoms with E-state index < -0.39 is 16.0 Å². The zero-order valence-corrected chi connectivity index (χ0v) is 12.6. The molecular weight excluding hydrogens is 282 g/mol. The molecule has 0 unspecified atom stereocenters. The van der Waals surface area contributed by atoms with Crippen LogP contribution in [0.25, 0.3) is 0 Å². The number of sulfonamides is 1. The van der Waals surface area contributed by atoms with E-state index in [0.717, 1.165) is 0 Å². The molecule has 0 saturated carbocycles. The second-order valence-electron chi connectivity index (χ2n) is 4.29. The first-order valence-corrected chi connectivity index (χ1v) is 7.71. The molecule has 1 aromatic carbocycles. The van der Waals surface area contributed by atoms with E-state index in [1.165, 1.54) is 6.07 Å². The molecule has 0 radical (unpaired) electrons. The third-order valence-electron chi connectivity index (χ3n) is 2.83. The van der Waals surface area contributed by atoms with Crippen molar-refractivity contribution in [1.82, 2.24) is 0 Å². The van der Waals surface area contributed by atoms with Gasteiger partial charge in [0.05, 0.1) is 17.1 Å². The molecule has 0 saturated heterocycles. The number of rotatable bonds is 6. The van der Waals surface area contributed by atoms with Crippen molar-refractivity contribution < 1.29 is 22.7 Å². The lowest BCUT2D eigenvalue weighted by Crippen LogP contribution is -2.17. The van der Waals surface area contributed by atoms with Gasteiger partial charge in [-0.25, -0.2) is 18.4 Å². The molecule has 20 heavy (non-hydrogen) atoms. The normalized spacial score (nSPS) is 11.4. The molecule has 0 bridgehead atoms. The number of aryl methyl sites for hydroxylation is 1. The van der Waals surface area contributed by atoms with Crippen LogP contribution in [0.4, 0.5) is 0 Å². The fraction of sp³-hybridized carbons (Fsp3) is 0.462. The molecule has 0 amide bonds. The fourth-order valence-electron chi connectivity index (χ4n) is 1.66. The number of hydrogen-bond donors (Lipinski definition) is 1. The van der Waals surface area contributed by atoms with Crippen LogP contribution in [0.2, 0.25) is 0 Å². The third-order valence-corrected chi connectivity index (χ3v) is 3.86. The summed E-state index contributed by atoms with van der Waals surface area (Å²) in [4.78, 5) is 11.8. The molecule has 0 fully saturated rings. The van der Waals surface area contributed by atoms with Crippen molar-refractivity contribution in [2.75, 3.05) is 19.8 Å². The summed E-state index contributed by atoms with van der Waals surface area (Å²) < 4.78 is 33.0. The van der Waals surface area contributed by atoms with Crippen molar-refractivity contribution in [3.05, 3.63) is 28.8 Å². The Bertz CT molecular complexity index is 595. The lowest BCUT2D eigenvalue weighted by Gasteiger charge is -2.10. The average Bonchev–Trinajstić information content (AvgIpc) is 2.36. The molecule has 6 nitrogen and oxygen atoms in total. The summed E-state index contributed by atoms with van der Waals surface area (Å²) in [5.41, 5.74) is 1.35. The Hall–Kier alpha value is -1.44. The van der Waals surface area contributed by atoms with Gasteiger partial charge < -0.3 is 9.47 Å². The Kier molecular flexibility index (Phi) is 5.67. The smallest absolute Gasteiger partial charge is 0.338 e. The minimum atomic E-state index is -3.87. The van der Waals surface area contributed by atoms with Crippen LogP contribution in [-0.2, 0) is 19.5 Å². The molecule has 0 aliphatic rings. The van der Waals surface area contributed by atoms with Crippen molar-refractivity contribution in [3.63, 3.8) is 0 Å². The minimum absolute atomic E-state index is 0.0609. The lowest BCUT2D eigenvalue weighted by atomic mass is 10.1. The van der Waals surface area contributed by atoms with Gasteiger partial charge in [0.15, 0.2) is 0 Å². The number of benzene rings is 1. The maximum atomic E-state index is 11.8. The van der Waals surface area contributed by atoms with Crippen molar-refractivity contribution in [2.45, 2.75) is 25.7 Å². The van der Waals surface area contributed by atoms with Crippen LogP contribution in [0.1, 0.15) is 28.4 Å². The fourth-order valence-corrected chi connectivity index (χ4v) is 2.54. The van der Waals surface area contributed by atoms with Gasteiger partial charge in [0.25, 0.3) is 0 Å². The second-order valence-corrected chi connectivity index (χ2v) is 5.82. The van der Waals surface area contributed by atoms with Gasteiger partial charge in [0, 0.05) is 6.61 Å². The Morgan fingerprint density at radius 3 is 2.45 bits per heavy atom. The van der Waals surface area contributed by atoms with Gasteiger partial charge in [0.2, 0.25) is 10.0 Å². The maximum Gasteiger partial charge on any atom is 0.338 e. The quantitative estimate of drug-likeness (QED) is 0.628. The average molecular weight is 301 g/mol. The summed E-state index contributed by atoms with van der Waals surface area (Å²) in [6.45, 7) is 6.14. The van der Waals surface area contributed by atoms with E-state index in [1.807, 2.05) is 6.92 Å². The van der Waals surface area contributed by atoms with Crippen LogP contribution in [0, 0.1) is 13.8 Å². The van der Waals surface area contributed by atoms with E-state index in [4.69, 9.17) is 14.6 Å². The van der Waals surface area contributed by atoms with E-state index in [0.29, 0.717) is 24.3 Å². The van der Waals surface area contributed by atoms with Crippen LogP contribution in [-0.4, -0.2) is 34.2 Å². The minimum Gasteiger partial charge on any atom is -0.460 e. The van der Waals surface area contributed by atoms with Crippen molar-refractivity contribution in [2.24, 2.45) is 5.14 Å². The summed E-state index contributed by atoms with van der Waals surface area (Å²) in [5.74, 6) is -0.599. The third kappa shape index (κ3) is 4.29. The second kappa shape index (κ2) is 6.83. The molecule has 2 N–H and O–H groups in total. The Morgan fingerprint density at radius 1 is 1.25 bits per heavy atom.